The molecule has 1 unspecified atom stereocenters. The van der Waals surface area contributed by atoms with Gasteiger partial charge in [-0.05, 0) is 13.3 Å². The number of hydrogen-bond donors (Lipinski definition) is 3. The van der Waals surface area contributed by atoms with E-state index in [0.717, 1.165) is 23.5 Å². The maximum atomic E-state index is 12.0. The van der Waals surface area contributed by atoms with Gasteiger partial charge in [0.2, 0.25) is 5.13 Å². The lowest BCUT2D eigenvalue weighted by Crippen LogP contribution is -2.50. The minimum absolute atomic E-state index is 0.111. The van der Waals surface area contributed by atoms with Crippen LogP contribution in [0.1, 0.15) is 26.7 Å². The molecule has 2 aromatic rings. The molecule has 0 radical (unpaired) electrons. The van der Waals surface area contributed by atoms with Gasteiger partial charge < -0.3 is 10.4 Å². The molecule has 1 aromatic carbocycles. The summed E-state index contributed by atoms with van der Waals surface area (Å²) in [6.07, 6.45) is 1.57. The average Bonchev–Trinajstić information content (AvgIpc) is 2.96. The van der Waals surface area contributed by atoms with E-state index in [0.29, 0.717) is 17.4 Å². The van der Waals surface area contributed by atoms with Gasteiger partial charge >= 0.3 is 6.03 Å². The smallest absolute Gasteiger partial charge is 0.321 e. The van der Waals surface area contributed by atoms with E-state index in [1.807, 2.05) is 44.2 Å². The first kappa shape index (κ1) is 16.4. The van der Waals surface area contributed by atoms with Gasteiger partial charge in [-0.3, -0.25) is 5.32 Å². The molecule has 1 aromatic heterocycles. The van der Waals surface area contributed by atoms with Crippen LogP contribution in [0.5, 0.6) is 0 Å². The number of hydrogen-bond acceptors (Lipinski definition) is 5. The maximum absolute atomic E-state index is 12.0. The molecule has 2 amide bonds. The molecule has 0 aliphatic carbocycles. The molecule has 0 aliphatic rings. The van der Waals surface area contributed by atoms with Crippen molar-refractivity contribution in [2.24, 2.45) is 0 Å². The third-order valence-corrected chi connectivity index (χ3v) is 3.88. The Morgan fingerprint density at radius 2 is 2.09 bits per heavy atom. The van der Waals surface area contributed by atoms with Gasteiger partial charge in [-0.2, -0.15) is 9.36 Å². The molecule has 0 fully saturated rings. The number of carbonyl (C=O) groups is 1. The van der Waals surface area contributed by atoms with E-state index >= 15 is 0 Å². The highest BCUT2D eigenvalue weighted by Gasteiger charge is 2.24. The SMILES string of the molecule is CCCC(C)(CO)NC(=O)Nc1nc(-c2ccccc2)ns1. The molecule has 3 N–H and O–H groups in total. The van der Waals surface area contributed by atoms with E-state index in [4.69, 9.17) is 0 Å². The predicted molar refractivity (Wildman–Crippen MR) is 87.9 cm³/mol. The molecular formula is C15H20N4O2S. The van der Waals surface area contributed by atoms with Crippen LogP contribution in [0.3, 0.4) is 0 Å². The Morgan fingerprint density at radius 3 is 2.73 bits per heavy atom. The molecule has 0 saturated heterocycles. The van der Waals surface area contributed by atoms with Gasteiger partial charge in [-0.1, -0.05) is 43.7 Å². The number of rotatable bonds is 6. The van der Waals surface area contributed by atoms with Gasteiger partial charge in [0, 0.05) is 17.1 Å². The number of aliphatic hydroxyl groups is 1. The maximum Gasteiger partial charge on any atom is 0.321 e. The fourth-order valence-electron chi connectivity index (χ4n) is 2.11. The van der Waals surface area contributed by atoms with Crippen molar-refractivity contribution in [1.29, 1.82) is 0 Å². The Morgan fingerprint density at radius 1 is 1.36 bits per heavy atom. The molecule has 0 aliphatic heterocycles. The Hall–Kier alpha value is -1.99. The third kappa shape index (κ3) is 4.25. The molecule has 2 rings (SSSR count). The monoisotopic (exact) mass is 320 g/mol. The summed E-state index contributed by atoms with van der Waals surface area (Å²) < 4.78 is 4.23. The van der Waals surface area contributed by atoms with Crippen molar-refractivity contribution in [3.63, 3.8) is 0 Å². The van der Waals surface area contributed by atoms with Crippen molar-refractivity contribution < 1.29 is 9.90 Å². The van der Waals surface area contributed by atoms with Crippen LogP contribution < -0.4 is 10.6 Å². The van der Waals surface area contributed by atoms with Crippen molar-refractivity contribution in [2.75, 3.05) is 11.9 Å². The molecule has 1 atom stereocenters. The Bertz CT molecular complexity index is 617. The highest BCUT2D eigenvalue weighted by Crippen LogP contribution is 2.20. The summed E-state index contributed by atoms with van der Waals surface area (Å²) in [6.45, 7) is 3.70. The Kier molecular flexibility index (Phi) is 5.46. The van der Waals surface area contributed by atoms with E-state index in [2.05, 4.69) is 20.0 Å². The van der Waals surface area contributed by atoms with Gasteiger partial charge in [0.15, 0.2) is 5.82 Å². The van der Waals surface area contributed by atoms with Crippen molar-refractivity contribution >= 4 is 22.7 Å². The highest BCUT2D eigenvalue weighted by molar-refractivity contribution is 7.10. The number of aromatic nitrogens is 2. The summed E-state index contributed by atoms with van der Waals surface area (Å²) in [5.41, 5.74) is 0.268. The zero-order valence-electron chi connectivity index (χ0n) is 12.7. The number of benzene rings is 1. The highest BCUT2D eigenvalue weighted by atomic mass is 32.1. The minimum Gasteiger partial charge on any atom is -0.394 e. The zero-order valence-corrected chi connectivity index (χ0v) is 13.5. The fourth-order valence-corrected chi connectivity index (χ4v) is 2.70. The number of urea groups is 1. The molecule has 6 nitrogen and oxygen atoms in total. The standard InChI is InChI=1S/C15H20N4O2S/c1-3-9-15(2,10-20)18-13(21)17-14-16-12(19-22-14)11-7-5-4-6-8-11/h4-8,20H,3,9-10H2,1-2H3,(H2,16,17,18,19,21). The summed E-state index contributed by atoms with van der Waals surface area (Å²) in [7, 11) is 0. The summed E-state index contributed by atoms with van der Waals surface area (Å²) in [4.78, 5) is 16.3. The second-order valence-corrected chi connectivity index (χ2v) is 6.09. The first-order valence-corrected chi connectivity index (χ1v) is 7.93. The van der Waals surface area contributed by atoms with Gasteiger partial charge in [-0.25, -0.2) is 4.79 Å². The van der Waals surface area contributed by atoms with Crippen LogP contribution in [0.15, 0.2) is 30.3 Å². The van der Waals surface area contributed by atoms with Gasteiger partial charge in [0.1, 0.15) is 0 Å². The van der Waals surface area contributed by atoms with Crippen LogP contribution >= 0.6 is 11.5 Å². The van der Waals surface area contributed by atoms with Crippen LogP contribution in [0.4, 0.5) is 9.93 Å². The predicted octanol–water partition coefficient (Wildman–Crippen LogP) is 2.88. The van der Waals surface area contributed by atoms with Crippen molar-refractivity contribution in [2.45, 2.75) is 32.2 Å². The quantitative estimate of drug-likeness (QED) is 0.764. The van der Waals surface area contributed by atoms with E-state index in [9.17, 15) is 9.90 Å². The molecule has 1 heterocycles. The molecule has 0 bridgehead atoms. The third-order valence-electron chi connectivity index (χ3n) is 3.24. The van der Waals surface area contributed by atoms with E-state index in [1.54, 1.807) is 0 Å². The molecule has 7 heteroatoms. The van der Waals surface area contributed by atoms with Crippen LogP contribution in [-0.4, -0.2) is 32.6 Å². The van der Waals surface area contributed by atoms with Gasteiger partial charge in [-0.15, -0.1) is 0 Å². The molecule has 118 valence electrons. The van der Waals surface area contributed by atoms with Gasteiger partial charge in [0.05, 0.1) is 12.1 Å². The number of nitrogens with zero attached hydrogens (tertiary/aromatic N) is 2. The number of aliphatic hydroxyl groups excluding tert-OH is 1. The Labute approximate surface area is 133 Å². The lowest BCUT2D eigenvalue weighted by molar-refractivity contribution is 0.167. The number of nitrogens with one attached hydrogen (secondary N) is 2. The first-order chi connectivity index (χ1) is 10.6. The van der Waals surface area contributed by atoms with E-state index in [-0.39, 0.29) is 12.6 Å². The lowest BCUT2D eigenvalue weighted by Gasteiger charge is -2.27. The largest absolute Gasteiger partial charge is 0.394 e. The molecular weight excluding hydrogens is 300 g/mol. The average molecular weight is 320 g/mol. The lowest BCUT2D eigenvalue weighted by atomic mass is 9.98. The number of amides is 2. The van der Waals surface area contributed by atoms with Crippen molar-refractivity contribution in [3.05, 3.63) is 30.3 Å². The van der Waals surface area contributed by atoms with Crippen LogP contribution in [0.25, 0.3) is 11.4 Å². The van der Waals surface area contributed by atoms with E-state index < -0.39 is 5.54 Å². The first-order valence-electron chi connectivity index (χ1n) is 7.15. The van der Waals surface area contributed by atoms with Gasteiger partial charge in [0.25, 0.3) is 0 Å². The summed E-state index contributed by atoms with van der Waals surface area (Å²) >= 11 is 1.12. The van der Waals surface area contributed by atoms with Crippen LogP contribution in [0, 0.1) is 0 Å². The van der Waals surface area contributed by atoms with E-state index in [1.165, 1.54) is 0 Å². The Balaban J connectivity index is 1.99. The molecule has 0 spiro atoms. The summed E-state index contributed by atoms with van der Waals surface area (Å²) in [6, 6.07) is 9.18. The fraction of sp³-hybridized carbons (Fsp3) is 0.400. The van der Waals surface area contributed by atoms with Crippen LogP contribution in [-0.2, 0) is 0 Å². The molecule has 22 heavy (non-hydrogen) atoms. The summed E-state index contributed by atoms with van der Waals surface area (Å²) in [5, 5.41) is 15.3. The normalized spacial score (nSPS) is 13.4. The van der Waals surface area contributed by atoms with Crippen molar-refractivity contribution in [3.8, 4) is 11.4 Å². The number of anilines is 1. The summed E-state index contributed by atoms with van der Waals surface area (Å²) in [5.74, 6) is 0.583. The minimum atomic E-state index is -0.633. The topological polar surface area (TPSA) is 87.1 Å². The second-order valence-electron chi connectivity index (χ2n) is 5.34. The zero-order chi connectivity index (χ0) is 16.0. The van der Waals surface area contributed by atoms with Crippen LogP contribution in [0.2, 0.25) is 0 Å². The number of carbonyl (C=O) groups excluding carboxylic acids is 1. The second kappa shape index (κ2) is 7.33. The molecule has 0 saturated carbocycles. The van der Waals surface area contributed by atoms with Crippen molar-refractivity contribution in [1.82, 2.24) is 14.7 Å².